The van der Waals surface area contributed by atoms with Crippen molar-refractivity contribution in [2.24, 2.45) is 5.41 Å². The summed E-state index contributed by atoms with van der Waals surface area (Å²) in [5.74, 6) is -1.06. The summed E-state index contributed by atoms with van der Waals surface area (Å²) in [6, 6.07) is 3.23. The fourth-order valence-corrected chi connectivity index (χ4v) is 1.52. The van der Waals surface area contributed by atoms with E-state index in [4.69, 9.17) is 4.74 Å². The van der Waals surface area contributed by atoms with Gasteiger partial charge in [0.15, 0.2) is 11.6 Å². The van der Waals surface area contributed by atoms with Crippen molar-refractivity contribution in [3.63, 3.8) is 0 Å². The molecule has 0 aliphatic heterocycles. The summed E-state index contributed by atoms with van der Waals surface area (Å²) in [5, 5.41) is 3.29. The van der Waals surface area contributed by atoms with Crippen molar-refractivity contribution in [3.8, 4) is 5.75 Å². The molecular weight excluding hydrogens is 236 g/mol. The molecule has 0 aliphatic rings. The highest BCUT2D eigenvalue weighted by Crippen LogP contribution is 2.21. The SMILES string of the molecule is CCCNCC(C)(C)COc1cc(F)ccc1F. The normalized spacial score (nSPS) is 11.6. The Morgan fingerprint density at radius 2 is 2.00 bits per heavy atom. The molecule has 0 amide bonds. The first-order valence-corrected chi connectivity index (χ1v) is 6.23. The monoisotopic (exact) mass is 257 g/mol. The fraction of sp³-hybridized carbons (Fsp3) is 0.571. The predicted molar refractivity (Wildman–Crippen MR) is 68.8 cm³/mol. The van der Waals surface area contributed by atoms with E-state index in [1.165, 1.54) is 0 Å². The molecular formula is C14H21F2NO. The topological polar surface area (TPSA) is 21.3 Å². The number of halogens is 2. The summed E-state index contributed by atoms with van der Waals surface area (Å²) in [5.41, 5.74) is -0.131. The van der Waals surface area contributed by atoms with Gasteiger partial charge in [0.1, 0.15) is 5.82 Å². The third-order valence-corrected chi connectivity index (χ3v) is 2.54. The Morgan fingerprint density at radius 1 is 1.28 bits per heavy atom. The van der Waals surface area contributed by atoms with Gasteiger partial charge in [-0.25, -0.2) is 8.78 Å². The zero-order chi connectivity index (χ0) is 13.6. The molecule has 0 spiro atoms. The molecule has 0 atom stereocenters. The van der Waals surface area contributed by atoms with Crippen molar-refractivity contribution in [2.45, 2.75) is 27.2 Å². The Kier molecular flexibility index (Phi) is 5.54. The van der Waals surface area contributed by atoms with Crippen LogP contribution in [0.2, 0.25) is 0 Å². The Bertz CT molecular complexity index is 380. The van der Waals surface area contributed by atoms with E-state index in [1.54, 1.807) is 0 Å². The van der Waals surface area contributed by atoms with E-state index in [2.05, 4.69) is 12.2 Å². The summed E-state index contributed by atoms with van der Waals surface area (Å²) < 4.78 is 31.7. The summed E-state index contributed by atoms with van der Waals surface area (Å²) in [6.45, 7) is 8.19. The molecule has 0 saturated carbocycles. The molecule has 1 aromatic carbocycles. The number of benzene rings is 1. The van der Waals surface area contributed by atoms with Gasteiger partial charge >= 0.3 is 0 Å². The van der Waals surface area contributed by atoms with E-state index in [1.807, 2.05) is 13.8 Å². The lowest BCUT2D eigenvalue weighted by Crippen LogP contribution is -2.34. The summed E-state index contributed by atoms with van der Waals surface area (Å²) in [7, 11) is 0. The van der Waals surface area contributed by atoms with Gasteiger partial charge in [-0.2, -0.15) is 0 Å². The van der Waals surface area contributed by atoms with E-state index in [0.29, 0.717) is 6.61 Å². The number of hydrogen-bond acceptors (Lipinski definition) is 2. The number of rotatable bonds is 7. The van der Waals surface area contributed by atoms with Crippen molar-refractivity contribution in [3.05, 3.63) is 29.8 Å². The maximum absolute atomic E-state index is 13.3. The lowest BCUT2D eigenvalue weighted by molar-refractivity contribution is 0.170. The molecule has 1 rings (SSSR count). The van der Waals surface area contributed by atoms with Crippen LogP contribution < -0.4 is 10.1 Å². The average molecular weight is 257 g/mol. The third-order valence-electron chi connectivity index (χ3n) is 2.54. The molecule has 18 heavy (non-hydrogen) atoms. The van der Waals surface area contributed by atoms with Crippen LogP contribution in [0.15, 0.2) is 18.2 Å². The lowest BCUT2D eigenvalue weighted by Gasteiger charge is -2.25. The van der Waals surface area contributed by atoms with Crippen LogP contribution in [0.3, 0.4) is 0 Å². The number of nitrogens with one attached hydrogen (secondary N) is 1. The van der Waals surface area contributed by atoms with E-state index >= 15 is 0 Å². The highest BCUT2D eigenvalue weighted by atomic mass is 19.1. The van der Waals surface area contributed by atoms with Gasteiger partial charge in [0.05, 0.1) is 6.61 Å². The van der Waals surface area contributed by atoms with Crippen LogP contribution in [0.25, 0.3) is 0 Å². The van der Waals surface area contributed by atoms with Crippen LogP contribution in [0, 0.1) is 17.0 Å². The first-order chi connectivity index (χ1) is 8.44. The molecule has 2 nitrogen and oxygen atoms in total. The van der Waals surface area contributed by atoms with Gasteiger partial charge < -0.3 is 10.1 Å². The molecule has 0 bridgehead atoms. The van der Waals surface area contributed by atoms with Gasteiger partial charge in [-0.15, -0.1) is 0 Å². The van der Waals surface area contributed by atoms with Crippen molar-refractivity contribution in [1.29, 1.82) is 0 Å². The van der Waals surface area contributed by atoms with E-state index in [0.717, 1.165) is 37.7 Å². The van der Waals surface area contributed by atoms with Crippen LogP contribution in [-0.4, -0.2) is 19.7 Å². The van der Waals surface area contributed by atoms with Gasteiger partial charge in [-0.1, -0.05) is 20.8 Å². The molecule has 1 aromatic rings. The first-order valence-electron chi connectivity index (χ1n) is 6.23. The van der Waals surface area contributed by atoms with Gasteiger partial charge in [-0.05, 0) is 25.1 Å². The highest BCUT2D eigenvalue weighted by Gasteiger charge is 2.19. The van der Waals surface area contributed by atoms with Crippen LogP contribution in [-0.2, 0) is 0 Å². The standard InChI is InChI=1S/C14H21F2NO/c1-4-7-17-9-14(2,3)10-18-13-8-11(15)5-6-12(13)16/h5-6,8,17H,4,7,9-10H2,1-3H3. The third kappa shape index (κ3) is 5.00. The van der Waals surface area contributed by atoms with Gasteiger partial charge in [0.25, 0.3) is 0 Å². The first kappa shape index (κ1) is 14.9. The zero-order valence-electron chi connectivity index (χ0n) is 11.2. The molecule has 0 radical (unpaired) electrons. The molecule has 1 N–H and O–H groups in total. The van der Waals surface area contributed by atoms with Crippen LogP contribution in [0.1, 0.15) is 27.2 Å². The predicted octanol–water partition coefficient (Wildman–Crippen LogP) is 3.37. The average Bonchev–Trinajstić information content (AvgIpc) is 2.31. The van der Waals surface area contributed by atoms with E-state index < -0.39 is 11.6 Å². The maximum atomic E-state index is 13.3. The summed E-state index contributed by atoms with van der Waals surface area (Å²) in [4.78, 5) is 0. The minimum atomic E-state index is -0.534. The second-order valence-corrected chi connectivity index (χ2v) is 5.20. The maximum Gasteiger partial charge on any atom is 0.165 e. The van der Waals surface area contributed by atoms with Crippen molar-refractivity contribution in [1.82, 2.24) is 5.32 Å². The number of hydrogen-bond donors (Lipinski definition) is 1. The van der Waals surface area contributed by atoms with Crippen molar-refractivity contribution >= 4 is 0 Å². The quantitative estimate of drug-likeness (QED) is 0.756. The van der Waals surface area contributed by atoms with Gasteiger partial charge in [0.2, 0.25) is 0 Å². The molecule has 0 aromatic heterocycles. The van der Waals surface area contributed by atoms with Gasteiger partial charge in [-0.3, -0.25) is 0 Å². The van der Waals surface area contributed by atoms with E-state index in [9.17, 15) is 8.78 Å². The molecule has 0 aliphatic carbocycles. The minimum Gasteiger partial charge on any atom is -0.490 e. The van der Waals surface area contributed by atoms with E-state index in [-0.39, 0.29) is 11.2 Å². The fourth-order valence-electron chi connectivity index (χ4n) is 1.52. The van der Waals surface area contributed by atoms with Crippen LogP contribution in [0.5, 0.6) is 5.75 Å². The minimum absolute atomic E-state index is 0.0291. The second kappa shape index (κ2) is 6.69. The largest absolute Gasteiger partial charge is 0.490 e. The highest BCUT2D eigenvalue weighted by molar-refractivity contribution is 5.24. The van der Waals surface area contributed by atoms with Crippen LogP contribution in [0.4, 0.5) is 8.78 Å². The lowest BCUT2D eigenvalue weighted by atomic mass is 9.95. The second-order valence-electron chi connectivity index (χ2n) is 5.20. The molecule has 0 saturated heterocycles. The smallest absolute Gasteiger partial charge is 0.165 e. The molecule has 4 heteroatoms. The Balaban J connectivity index is 2.50. The zero-order valence-corrected chi connectivity index (χ0v) is 11.2. The summed E-state index contributed by atoms with van der Waals surface area (Å²) in [6.07, 6.45) is 1.06. The molecule has 0 fully saturated rings. The Labute approximate surface area is 107 Å². The van der Waals surface area contributed by atoms with Crippen LogP contribution >= 0.6 is 0 Å². The molecule has 0 unspecified atom stereocenters. The van der Waals surface area contributed by atoms with Crippen molar-refractivity contribution in [2.75, 3.05) is 19.7 Å². The molecule has 102 valence electrons. The summed E-state index contributed by atoms with van der Waals surface area (Å²) >= 11 is 0. The Hall–Kier alpha value is -1.16. The van der Waals surface area contributed by atoms with Gasteiger partial charge in [0, 0.05) is 18.0 Å². The Morgan fingerprint density at radius 3 is 2.67 bits per heavy atom. The molecule has 0 heterocycles. The number of ether oxygens (including phenoxy) is 1. The van der Waals surface area contributed by atoms with Crippen molar-refractivity contribution < 1.29 is 13.5 Å².